The number of ketones is 1. The van der Waals surface area contributed by atoms with Gasteiger partial charge in [0.25, 0.3) is 0 Å². The summed E-state index contributed by atoms with van der Waals surface area (Å²) in [4.78, 5) is 61.3. The highest BCUT2D eigenvalue weighted by Gasteiger charge is 2.36. The standard InChI is InChI=1S/C42H80N4O8/c1-12-15-17-19-25-42(11,14-3)46-33(37(50)39(5,6)24-16-13-2)21-18-20-27-43-36(49)31-41(9,10)53-29-26-40(7,8)54-30-28-44-35(48)23-22-34(38(51)52)45-32(4)47/h33-34,46H,12-31H2,1-11H3,(H,43,49)(H,44,48)(H,45,47)(H,51,52)/t33-,34+,42?/m1/s1. The molecule has 316 valence electrons. The van der Waals surface area contributed by atoms with E-state index >= 15 is 0 Å². The van der Waals surface area contributed by atoms with E-state index in [-0.39, 0.29) is 61.2 Å². The first kappa shape index (κ1) is 51.4. The van der Waals surface area contributed by atoms with Crippen LogP contribution >= 0.6 is 0 Å². The van der Waals surface area contributed by atoms with Gasteiger partial charge in [-0.15, -0.1) is 0 Å². The number of aliphatic carboxylic acids is 1. The van der Waals surface area contributed by atoms with Gasteiger partial charge in [-0.05, 0) is 86.0 Å². The number of unbranched alkanes of at least 4 members (excludes halogenated alkanes) is 5. The highest BCUT2D eigenvalue weighted by atomic mass is 16.5. The molecule has 0 rings (SSSR count). The molecule has 0 heterocycles. The van der Waals surface area contributed by atoms with Gasteiger partial charge in [0.1, 0.15) is 6.04 Å². The van der Waals surface area contributed by atoms with Crippen LogP contribution in [0.5, 0.6) is 0 Å². The normalized spacial score (nSPS) is 14.5. The molecule has 0 aromatic carbocycles. The smallest absolute Gasteiger partial charge is 0.326 e. The topological polar surface area (TPSA) is 172 Å². The average Bonchev–Trinajstić information content (AvgIpc) is 3.07. The number of carbonyl (C=O) groups excluding carboxylic acids is 4. The lowest BCUT2D eigenvalue weighted by atomic mass is 9.77. The Bertz CT molecular complexity index is 1130. The number of hydrogen-bond acceptors (Lipinski definition) is 8. The van der Waals surface area contributed by atoms with Gasteiger partial charge < -0.3 is 35.8 Å². The van der Waals surface area contributed by atoms with Crippen LogP contribution in [0.25, 0.3) is 0 Å². The number of Topliss-reactive ketones (excluding diaryl/α,β-unsaturated/α-hetero) is 1. The number of carboxylic acids is 1. The van der Waals surface area contributed by atoms with Crippen LogP contribution < -0.4 is 21.3 Å². The monoisotopic (exact) mass is 769 g/mol. The number of nitrogens with one attached hydrogen (secondary N) is 4. The molecule has 0 aliphatic carbocycles. The first-order valence-electron chi connectivity index (χ1n) is 20.8. The molecule has 0 fully saturated rings. The second kappa shape index (κ2) is 26.3. The molecule has 0 aliphatic heterocycles. The van der Waals surface area contributed by atoms with Crippen LogP contribution in [0.4, 0.5) is 0 Å². The zero-order chi connectivity index (χ0) is 41.4. The summed E-state index contributed by atoms with van der Waals surface area (Å²) in [5.74, 6) is -1.74. The molecule has 5 N–H and O–H groups in total. The molecule has 54 heavy (non-hydrogen) atoms. The Morgan fingerprint density at radius 2 is 1.28 bits per heavy atom. The van der Waals surface area contributed by atoms with Crippen LogP contribution in [0.2, 0.25) is 0 Å². The summed E-state index contributed by atoms with van der Waals surface area (Å²) in [5.41, 5.74) is -1.67. The van der Waals surface area contributed by atoms with Crippen molar-refractivity contribution in [2.24, 2.45) is 5.41 Å². The van der Waals surface area contributed by atoms with Gasteiger partial charge in [-0.3, -0.25) is 19.2 Å². The number of hydrogen-bond donors (Lipinski definition) is 5. The Morgan fingerprint density at radius 1 is 0.648 bits per heavy atom. The molecule has 0 aliphatic rings. The Labute approximate surface area is 328 Å². The summed E-state index contributed by atoms with van der Waals surface area (Å²) in [6, 6.07) is -1.31. The van der Waals surface area contributed by atoms with Gasteiger partial charge in [0, 0.05) is 37.4 Å². The highest BCUT2D eigenvalue weighted by Crippen LogP contribution is 2.30. The summed E-state index contributed by atoms with van der Waals surface area (Å²) in [6.45, 7) is 23.4. The second-order valence-electron chi connectivity index (χ2n) is 17.2. The van der Waals surface area contributed by atoms with Crippen LogP contribution in [0.3, 0.4) is 0 Å². The molecule has 12 heteroatoms. The molecule has 0 bridgehead atoms. The Kier molecular flexibility index (Phi) is 25.1. The van der Waals surface area contributed by atoms with Crippen LogP contribution in [0.1, 0.15) is 179 Å². The molecule has 3 amide bonds. The first-order valence-corrected chi connectivity index (χ1v) is 20.8. The minimum absolute atomic E-state index is 0.00549. The van der Waals surface area contributed by atoms with Crippen LogP contribution in [0.15, 0.2) is 0 Å². The molecule has 0 aromatic rings. The van der Waals surface area contributed by atoms with E-state index in [9.17, 15) is 29.1 Å². The van der Waals surface area contributed by atoms with Crippen molar-refractivity contribution >= 4 is 29.5 Å². The van der Waals surface area contributed by atoms with Crippen LogP contribution in [0, 0.1) is 5.41 Å². The number of amides is 3. The summed E-state index contributed by atoms with van der Waals surface area (Å²) in [6.07, 6.45) is 13.0. The quantitative estimate of drug-likeness (QED) is 0.0441. The van der Waals surface area contributed by atoms with Gasteiger partial charge in [-0.1, -0.05) is 73.1 Å². The molecule has 0 radical (unpaired) electrons. The SMILES string of the molecule is CCCCCCC(C)(CC)N[C@H](CCCCNC(=O)CC(C)(C)OCCC(C)(C)OCCNC(=O)CC[C@H](NC(C)=O)C(=O)O)C(=O)C(C)(C)CCCC. The van der Waals surface area contributed by atoms with E-state index < -0.39 is 29.1 Å². The minimum atomic E-state index is -1.18. The number of carbonyl (C=O) groups is 5. The van der Waals surface area contributed by atoms with E-state index in [0.29, 0.717) is 25.4 Å². The predicted octanol–water partition coefficient (Wildman–Crippen LogP) is 7.01. The summed E-state index contributed by atoms with van der Waals surface area (Å²) >= 11 is 0. The van der Waals surface area contributed by atoms with Crippen molar-refractivity contribution in [2.75, 3.05) is 26.3 Å². The van der Waals surface area contributed by atoms with Crippen molar-refractivity contribution in [3.05, 3.63) is 0 Å². The first-order chi connectivity index (χ1) is 25.1. The van der Waals surface area contributed by atoms with Crippen molar-refractivity contribution in [2.45, 2.75) is 208 Å². The van der Waals surface area contributed by atoms with Gasteiger partial charge in [0.05, 0.1) is 36.9 Å². The summed E-state index contributed by atoms with van der Waals surface area (Å²) in [7, 11) is 0. The maximum Gasteiger partial charge on any atom is 0.326 e. The van der Waals surface area contributed by atoms with E-state index in [1.165, 1.54) is 26.2 Å². The van der Waals surface area contributed by atoms with Crippen molar-refractivity contribution in [1.82, 2.24) is 21.3 Å². The van der Waals surface area contributed by atoms with E-state index in [4.69, 9.17) is 9.47 Å². The maximum atomic E-state index is 13.9. The molecular formula is C42H80N4O8. The molecule has 3 atom stereocenters. The van der Waals surface area contributed by atoms with Crippen molar-refractivity contribution < 1.29 is 38.6 Å². The van der Waals surface area contributed by atoms with E-state index in [1.54, 1.807) is 0 Å². The molecular weight excluding hydrogens is 688 g/mol. The predicted molar refractivity (Wildman–Crippen MR) is 216 cm³/mol. The molecule has 0 spiro atoms. The highest BCUT2D eigenvalue weighted by molar-refractivity contribution is 5.89. The lowest BCUT2D eigenvalue weighted by Gasteiger charge is -2.37. The fraction of sp³-hybridized carbons (Fsp3) is 0.881. The van der Waals surface area contributed by atoms with Gasteiger partial charge in [0.2, 0.25) is 17.7 Å². The summed E-state index contributed by atoms with van der Waals surface area (Å²) in [5, 5.41) is 21.1. The van der Waals surface area contributed by atoms with Crippen molar-refractivity contribution in [3.8, 4) is 0 Å². The third-order valence-electron chi connectivity index (χ3n) is 10.3. The molecule has 0 saturated heterocycles. The minimum Gasteiger partial charge on any atom is -0.480 e. The second-order valence-corrected chi connectivity index (χ2v) is 17.2. The average molecular weight is 769 g/mol. The van der Waals surface area contributed by atoms with Gasteiger partial charge in [0.15, 0.2) is 5.78 Å². The lowest BCUT2D eigenvalue weighted by molar-refractivity contribution is -0.142. The fourth-order valence-corrected chi connectivity index (χ4v) is 6.43. The number of rotatable bonds is 33. The zero-order valence-electron chi connectivity index (χ0n) is 36.1. The van der Waals surface area contributed by atoms with Crippen LogP contribution in [-0.4, -0.2) is 89.7 Å². The fourth-order valence-electron chi connectivity index (χ4n) is 6.43. The molecule has 12 nitrogen and oxygen atoms in total. The van der Waals surface area contributed by atoms with Crippen molar-refractivity contribution in [1.29, 1.82) is 0 Å². The van der Waals surface area contributed by atoms with Gasteiger partial charge >= 0.3 is 5.97 Å². The van der Waals surface area contributed by atoms with Crippen molar-refractivity contribution in [3.63, 3.8) is 0 Å². The van der Waals surface area contributed by atoms with Gasteiger partial charge in [-0.25, -0.2) is 4.79 Å². The van der Waals surface area contributed by atoms with Crippen LogP contribution in [-0.2, 0) is 33.4 Å². The van der Waals surface area contributed by atoms with E-state index in [2.05, 4.69) is 62.8 Å². The molecule has 0 aromatic heterocycles. The van der Waals surface area contributed by atoms with Gasteiger partial charge in [-0.2, -0.15) is 0 Å². The number of carboxylic acid groups (broad SMARTS) is 1. The Balaban J connectivity index is 4.75. The third-order valence-corrected chi connectivity index (χ3v) is 10.3. The number of ether oxygens (including phenoxy) is 2. The molecule has 0 saturated carbocycles. The Hall–Kier alpha value is -2.57. The lowest BCUT2D eigenvalue weighted by Crippen LogP contribution is -2.53. The maximum absolute atomic E-state index is 13.9. The third kappa shape index (κ3) is 24.1. The largest absolute Gasteiger partial charge is 0.480 e. The molecule has 1 unspecified atom stereocenters. The summed E-state index contributed by atoms with van der Waals surface area (Å²) < 4.78 is 12.0. The van der Waals surface area contributed by atoms with E-state index in [1.807, 2.05) is 27.7 Å². The Morgan fingerprint density at radius 3 is 1.87 bits per heavy atom. The van der Waals surface area contributed by atoms with E-state index in [0.717, 1.165) is 57.8 Å². The zero-order valence-corrected chi connectivity index (χ0v) is 36.1.